The molecule has 2 aliphatic rings. The fourth-order valence-electron chi connectivity index (χ4n) is 4.27. The quantitative estimate of drug-likeness (QED) is 0.503. The Bertz CT molecular complexity index is 920. The van der Waals surface area contributed by atoms with E-state index in [0.717, 1.165) is 36.0 Å². The van der Waals surface area contributed by atoms with Gasteiger partial charge in [-0.25, -0.2) is 4.98 Å². The highest BCUT2D eigenvalue weighted by molar-refractivity contribution is 5.85. The number of hydrogen-bond acceptors (Lipinski definition) is 6. The second-order valence-corrected chi connectivity index (χ2v) is 8.23. The van der Waals surface area contributed by atoms with Crippen molar-refractivity contribution in [3.05, 3.63) is 30.1 Å². The SMILES string of the molecule is C[C@H](c1cn(CCCNC(=O)CO)c2ncccc12)N(C(=O)[C@H]1CNCCO1)C1CC1. The molecule has 2 aromatic rings. The molecule has 3 N–H and O–H groups in total. The van der Waals surface area contributed by atoms with Crippen LogP contribution in [0.2, 0.25) is 0 Å². The molecule has 0 radical (unpaired) electrons. The highest BCUT2D eigenvalue weighted by Crippen LogP contribution is 2.37. The normalized spacial score (nSPS) is 19.9. The van der Waals surface area contributed by atoms with Gasteiger partial charge in [0.1, 0.15) is 18.4 Å². The third-order valence-corrected chi connectivity index (χ3v) is 5.97. The van der Waals surface area contributed by atoms with Gasteiger partial charge in [0, 0.05) is 55.6 Å². The first-order valence-corrected chi connectivity index (χ1v) is 11.1. The molecule has 2 aromatic heterocycles. The number of nitrogens with zero attached hydrogens (tertiary/aromatic N) is 3. The van der Waals surface area contributed by atoms with E-state index in [-0.39, 0.29) is 23.9 Å². The number of aliphatic hydroxyl groups is 1. The second kappa shape index (κ2) is 9.76. The zero-order chi connectivity index (χ0) is 21.8. The number of fused-ring (bicyclic) bond motifs is 1. The largest absolute Gasteiger partial charge is 0.387 e. The number of carbonyl (C=O) groups excluding carboxylic acids is 2. The van der Waals surface area contributed by atoms with E-state index in [1.807, 2.05) is 17.0 Å². The van der Waals surface area contributed by atoms with E-state index in [1.54, 1.807) is 6.20 Å². The molecular weight excluding hydrogens is 398 g/mol. The molecule has 2 fully saturated rings. The van der Waals surface area contributed by atoms with Gasteiger partial charge in [-0.1, -0.05) is 0 Å². The third-order valence-electron chi connectivity index (χ3n) is 5.97. The molecule has 0 bridgehead atoms. The lowest BCUT2D eigenvalue weighted by molar-refractivity contribution is -0.148. The summed E-state index contributed by atoms with van der Waals surface area (Å²) in [6.07, 6.45) is 6.19. The average Bonchev–Trinajstić information content (AvgIpc) is 3.57. The van der Waals surface area contributed by atoms with Crippen LogP contribution in [0.5, 0.6) is 0 Å². The fourth-order valence-corrected chi connectivity index (χ4v) is 4.27. The molecule has 0 spiro atoms. The van der Waals surface area contributed by atoms with Gasteiger partial charge in [-0.15, -0.1) is 0 Å². The number of ether oxygens (including phenoxy) is 1. The van der Waals surface area contributed by atoms with Crippen LogP contribution in [0, 0.1) is 0 Å². The number of carbonyl (C=O) groups is 2. The van der Waals surface area contributed by atoms with E-state index in [9.17, 15) is 9.59 Å². The second-order valence-electron chi connectivity index (χ2n) is 8.23. The minimum absolute atomic E-state index is 0.0544. The maximum absolute atomic E-state index is 13.3. The third kappa shape index (κ3) is 4.89. The minimum atomic E-state index is -0.499. The molecule has 4 rings (SSSR count). The van der Waals surface area contributed by atoms with Crippen molar-refractivity contribution in [1.29, 1.82) is 0 Å². The van der Waals surface area contributed by atoms with Crippen LogP contribution >= 0.6 is 0 Å². The molecule has 1 aliphatic carbocycles. The maximum atomic E-state index is 13.3. The molecule has 0 aromatic carbocycles. The Hall–Kier alpha value is -2.49. The summed E-state index contributed by atoms with van der Waals surface area (Å²) < 4.78 is 7.83. The van der Waals surface area contributed by atoms with Crippen molar-refractivity contribution in [2.75, 3.05) is 32.8 Å². The van der Waals surface area contributed by atoms with Crippen LogP contribution in [0.15, 0.2) is 24.5 Å². The summed E-state index contributed by atoms with van der Waals surface area (Å²) in [5, 5.41) is 15.8. The van der Waals surface area contributed by atoms with Crippen LogP contribution in [0.3, 0.4) is 0 Å². The van der Waals surface area contributed by atoms with Crippen molar-refractivity contribution >= 4 is 22.8 Å². The van der Waals surface area contributed by atoms with Crippen molar-refractivity contribution in [2.24, 2.45) is 0 Å². The lowest BCUT2D eigenvalue weighted by Gasteiger charge is -2.34. The molecular formula is C22H31N5O4. The van der Waals surface area contributed by atoms with Crippen molar-refractivity contribution < 1.29 is 19.4 Å². The van der Waals surface area contributed by atoms with Crippen molar-refractivity contribution in [1.82, 2.24) is 25.1 Å². The first-order valence-electron chi connectivity index (χ1n) is 11.1. The van der Waals surface area contributed by atoms with Crippen molar-refractivity contribution in [3.8, 4) is 0 Å². The van der Waals surface area contributed by atoms with Crippen LogP contribution in [-0.4, -0.2) is 76.4 Å². The topological polar surface area (TPSA) is 109 Å². The number of morpholine rings is 1. The Morgan fingerprint density at radius 3 is 3.00 bits per heavy atom. The smallest absolute Gasteiger partial charge is 0.253 e. The van der Waals surface area contributed by atoms with E-state index in [4.69, 9.17) is 9.84 Å². The molecule has 9 nitrogen and oxygen atoms in total. The number of pyridine rings is 1. The molecule has 3 heterocycles. The number of nitrogens with one attached hydrogen (secondary N) is 2. The minimum Gasteiger partial charge on any atom is -0.387 e. The number of aromatic nitrogens is 2. The van der Waals surface area contributed by atoms with Crippen LogP contribution < -0.4 is 10.6 Å². The van der Waals surface area contributed by atoms with Gasteiger partial charge < -0.3 is 29.9 Å². The number of hydrogen-bond donors (Lipinski definition) is 3. The summed E-state index contributed by atoms with van der Waals surface area (Å²) in [4.78, 5) is 31.1. The lowest BCUT2D eigenvalue weighted by atomic mass is 10.1. The summed E-state index contributed by atoms with van der Waals surface area (Å²) in [6.45, 7) is 4.63. The van der Waals surface area contributed by atoms with Crippen molar-refractivity contribution in [2.45, 2.75) is 50.9 Å². The van der Waals surface area contributed by atoms with Crippen LogP contribution in [0.25, 0.3) is 11.0 Å². The number of aryl methyl sites for hydroxylation is 1. The monoisotopic (exact) mass is 429 g/mol. The van der Waals surface area contributed by atoms with Crippen LogP contribution in [-0.2, 0) is 20.9 Å². The predicted molar refractivity (Wildman–Crippen MR) is 115 cm³/mol. The summed E-state index contributed by atoms with van der Waals surface area (Å²) in [5.74, 6) is -0.318. The van der Waals surface area contributed by atoms with Gasteiger partial charge >= 0.3 is 0 Å². The average molecular weight is 430 g/mol. The first-order chi connectivity index (χ1) is 15.1. The van der Waals surface area contributed by atoms with Gasteiger partial charge in [-0.05, 0) is 38.3 Å². The molecule has 0 unspecified atom stereocenters. The zero-order valence-electron chi connectivity index (χ0n) is 17.9. The van der Waals surface area contributed by atoms with Gasteiger partial charge in [0.15, 0.2) is 0 Å². The highest BCUT2D eigenvalue weighted by atomic mass is 16.5. The lowest BCUT2D eigenvalue weighted by Crippen LogP contribution is -2.50. The van der Waals surface area contributed by atoms with Gasteiger partial charge in [-0.3, -0.25) is 9.59 Å². The van der Waals surface area contributed by atoms with Gasteiger partial charge in [-0.2, -0.15) is 0 Å². The molecule has 9 heteroatoms. The standard InChI is InChI=1S/C22H31N5O4/c1-15(27(16-5-6-16)22(30)19-12-23-9-11-31-19)18-13-26(10-3-8-24-20(29)14-28)21-17(18)4-2-7-25-21/h2,4,7,13,15-16,19,23,28H,3,5-6,8-12,14H2,1H3,(H,24,29)/t15-,19-/m1/s1. The molecule has 2 amide bonds. The Labute approximate surface area is 181 Å². The maximum Gasteiger partial charge on any atom is 0.253 e. The number of rotatable bonds is 9. The van der Waals surface area contributed by atoms with E-state index in [0.29, 0.717) is 32.7 Å². The molecule has 1 aliphatic heterocycles. The summed E-state index contributed by atoms with van der Waals surface area (Å²) in [7, 11) is 0. The Morgan fingerprint density at radius 2 is 2.29 bits per heavy atom. The van der Waals surface area contributed by atoms with Gasteiger partial charge in [0.2, 0.25) is 5.91 Å². The van der Waals surface area contributed by atoms with E-state index < -0.39 is 12.7 Å². The Balaban J connectivity index is 1.54. The zero-order valence-corrected chi connectivity index (χ0v) is 17.9. The number of aliphatic hydroxyl groups excluding tert-OH is 1. The van der Waals surface area contributed by atoms with Crippen molar-refractivity contribution in [3.63, 3.8) is 0 Å². The molecule has 1 saturated carbocycles. The molecule has 2 atom stereocenters. The summed E-state index contributed by atoms with van der Waals surface area (Å²) in [6, 6.07) is 4.14. The van der Waals surface area contributed by atoms with Gasteiger partial charge in [0.05, 0.1) is 12.6 Å². The summed E-state index contributed by atoms with van der Waals surface area (Å²) in [5.41, 5.74) is 1.95. The fraction of sp³-hybridized carbons (Fsp3) is 0.591. The summed E-state index contributed by atoms with van der Waals surface area (Å²) >= 11 is 0. The van der Waals surface area contributed by atoms with E-state index in [2.05, 4.69) is 33.3 Å². The Morgan fingerprint density at radius 1 is 1.45 bits per heavy atom. The first kappa shape index (κ1) is 21.7. The molecule has 1 saturated heterocycles. The number of amides is 2. The van der Waals surface area contributed by atoms with Crippen LogP contribution in [0.1, 0.15) is 37.8 Å². The van der Waals surface area contributed by atoms with E-state index >= 15 is 0 Å². The molecule has 31 heavy (non-hydrogen) atoms. The predicted octanol–water partition coefficient (Wildman–Crippen LogP) is 0.575. The molecule has 168 valence electrons. The highest BCUT2D eigenvalue weighted by Gasteiger charge is 2.40. The Kier molecular flexibility index (Phi) is 6.84. The van der Waals surface area contributed by atoms with E-state index in [1.165, 1.54) is 0 Å². The van der Waals surface area contributed by atoms with Crippen LogP contribution in [0.4, 0.5) is 0 Å². The van der Waals surface area contributed by atoms with Gasteiger partial charge in [0.25, 0.3) is 5.91 Å².